The van der Waals surface area contributed by atoms with Gasteiger partial charge >= 0.3 is 6.03 Å². The van der Waals surface area contributed by atoms with Crippen molar-refractivity contribution in [1.82, 2.24) is 10.3 Å². The second kappa shape index (κ2) is 6.74. The van der Waals surface area contributed by atoms with Gasteiger partial charge in [0.15, 0.2) is 0 Å². The Labute approximate surface area is 131 Å². The van der Waals surface area contributed by atoms with Crippen LogP contribution in [0, 0.1) is 12.9 Å². The number of halogens is 3. The van der Waals surface area contributed by atoms with Gasteiger partial charge in [0.05, 0.1) is 11.4 Å². The summed E-state index contributed by atoms with van der Waals surface area (Å²) < 4.78 is 12.9. The molecule has 0 unspecified atom stereocenters. The highest BCUT2D eigenvalue weighted by Gasteiger charge is 2.07. The molecule has 0 atom stereocenters. The van der Waals surface area contributed by atoms with Gasteiger partial charge in [-0.15, -0.1) is 0 Å². The number of anilines is 1. The van der Waals surface area contributed by atoms with E-state index in [0.717, 1.165) is 5.56 Å². The normalized spacial score (nSPS) is 10.3. The van der Waals surface area contributed by atoms with E-state index in [1.807, 2.05) is 0 Å². The van der Waals surface area contributed by atoms with E-state index >= 15 is 0 Å². The highest BCUT2D eigenvalue weighted by atomic mass is 35.5. The molecule has 0 bridgehead atoms. The molecule has 1 heterocycles. The first-order valence-electron chi connectivity index (χ1n) is 6.07. The number of hydrogen-bond donors (Lipinski definition) is 2. The quantitative estimate of drug-likeness (QED) is 0.832. The number of nitrogens with zero attached hydrogens (tertiary/aromatic N) is 1. The standard InChI is InChI=1S/C14H12Cl2FN3O/c1-8-12(4-5-13(17)19-8)20-14(21)18-7-9-2-3-10(15)6-11(9)16/h2-6H,7H2,1H3,(H2,18,20,21). The maximum Gasteiger partial charge on any atom is 0.319 e. The monoisotopic (exact) mass is 327 g/mol. The molecule has 0 fully saturated rings. The molecule has 1 aromatic heterocycles. The van der Waals surface area contributed by atoms with Crippen LogP contribution in [0.25, 0.3) is 0 Å². The van der Waals surface area contributed by atoms with Crippen LogP contribution < -0.4 is 10.6 Å². The van der Waals surface area contributed by atoms with E-state index in [4.69, 9.17) is 23.2 Å². The Hall–Kier alpha value is -1.85. The van der Waals surface area contributed by atoms with Crippen molar-refractivity contribution in [2.45, 2.75) is 13.5 Å². The first kappa shape index (κ1) is 15.5. The van der Waals surface area contributed by atoms with Crippen LogP contribution in [0.2, 0.25) is 10.0 Å². The summed E-state index contributed by atoms with van der Waals surface area (Å²) >= 11 is 11.8. The fraction of sp³-hybridized carbons (Fsp3) is 0.143. The van der Waals surface area contributed by atoms with Gasteiger partial charge in [-0.3, -0.25) is 0 Å². The Kier molecular flexibility index (Phi) is 4.98. The largest absolute Gasteiger partial charge is 0.334 e. The molecule has 7 heteroatoms. The van der Waals surface area contributed by atoms with E-state index < -0.39 is 12.0 Å². The molecule has 0 aliphatic carbocycles. The van der Waals surface area contributed by atoms with Crippen molar-refractivity contribution in [3.8, 4) is 0 Å². The molecule has 1 aromatic carbocycles. The van der Waals surface area contributed by atoms with E-state index in [9.17, 15) is 9.18 Å². The molecule has 4 nitrogen and oxygen atoms in total. The number of nitrogens with one attached hydrogen (secondary N) is 2. The van der Waals surface area contributed by atoms with Crippen LogP contribution in [0.5, 0.6) is 0 Å². The van der Waals surface area contributed by atoms with Crippen LogP contribution in [0.15, 0.2) is 30.3 Å². The number of pyridine rings is 1. The van der Waals surface area contributed by atoms with Gasteiger partial charge in [0, 0.05) is 16.6 Å². The van der Waals surface area contributed by atoms with Crippen molar-refractivity contribution < 1.29 is 9.18 Å². The third-order valence-corrected chi connectivity index (χ3v) is 3.34. The van der Waals surface area contributed by atoms with E-state index in [2.05, 4.69) is 15.6 Å². The van der Waals surface area contributed by atoms with Crippen LogP contribution in [-0.4, -0.2) is 11.0 Å². The highest BCUT2D eigenvalue weighted by Crippen LogP contribution is 2.20. The number of carbonyl (C=O) groups is 1. The fourth-order valence-corrected chi connectivity index (χ4v) is 2.14. The summed E-state index contributed by atoms with van der Waals surface area (Å²) in [7, 11) is 0. The van der Waals surface area contributed by atoms with Gasteiger partial charge in [0.1, 0.15) is 0 Å². The zero-order chi connectivity index (χ0) is 15.4. The van der Waals surface area contributed by atoms with Crippen molar-refractivity contribution in [3.63, 3.8) is 0 Å². The first-order chi connectivity index (χ1) is 9.95. The van der Waals surface area contributed by atoms with E-state index in [1.54, 1.807) is 25.1 Å². The van der Waals surface area contributed by atoms with E-state index in [-0.39, 0.29) is 6.54 Å². The summed E-state index contributed by atoms with van der Waals surface area (Å²) in [5.74, 6) is -0.591. The topological polar surface area (TPSA) is 54.0 Å². The molecule has 2 rings (SSSR count). The van der Waals surface area contributed by atoms with Crippen LogP contribution in [0.3, 0.4) is 0 Å². The van der Waals surface area contributed by atoms with Crippen molar-refractivity contribution in [2.75, 3.05) is 5.32 Å². The maximum atomic E-state index is 12.9. The molecular formula is C14H12Cl2FN3O. The Balaban J connectivity index is 1.96. The predicted octanol–water partition coefficient (Wildman–Crippen LogP) is 4.16. The highest BCUT2D eigenvalue weighted by molar-refractivity contribution is 6.35. The molecule has 21 heavy (non-hydrogen) atoms. The van der Waals surface area contributed by atoms with Crippen molar-refractivity contribution in [2.24, 2.45) is 0 Å². The summed E-state index contributed by atoms with van der Waals surface area (Å²) in [6.45, 7) is 1.85. The third kappa shape index (κ3) is 4.31. The zero-order valence-electron chi connectivity index (χ0n) is 11.1. The summed E-state index contributed by atoms with van der Waals surface area (Å²) in [5.41, 5.74) is 1.58. The lowest BCUT2D eigenvalue weighted by molar-refractivity contribution is 0.251. The van der Waals surface area contributed by atoms with Gasteiger partial charge in [-0.25, -0.2) is 9.78 Å². The second-order valence-electron chi connectivity index (χ2n) is 4.31. The molecule has 0 radical (unpaired) electrons. The third-order valence-electron chi connectivity index (χ3n) is 2.75. The van der Waals surface area contributed by atoms with Gasteiger partial charge in [-0.1, -0.05) is 29.3 Å². The van der Waals surface area contributed by atoms with Crippen LogP contribution in [-0.2, 0) is 6.54 Å². The molecule has 2 aromatic rings. The Bertz CT molecular complexity index is 679. The number of hydrogen-bond acceptors (Lipinski definition) is 2. The molecule has 0 aliphatic rings. The first-order valence-corrected chi connectivity index (χ1v) is 6.83. The Morgan fingerprint density at radius 3 is 2.71 bits per heavy atom. The molecule has 2 amide bonds. The lowest BCUT2D eigenvalue weighted by Gasteiger charge is -2.10. The number of rotatable bonds is 3. The Morgan fingerprint density at radius 2 is 2.05 bits per heavy atom. The number of aryl methyl sites for hydroxylation is 1. The minimum atomic E-state index is -0.591. The summed E-state index contributed by atoms with van der Waals surface area (Å²) in [4.78, 5) is 15.4. The van der Waals surface area contributed by atoms with Crippen molar-refractivity contribution in [1.29, 1.82) is 0 Å². The minimum absolute atomic E-state index is 0.246. The summed E-state index contributed by atoms with van der Waals surface area (Å²) in [6.07, 6.45) is 0. The summed E-state index contributed by atoms with van der Waals surface area (Å²) in [5, 5.41) is 6.24. The molecular weight excluding hydrogens is 316 g/mol. The van der Waals surface area contributed by atoms with Gasteiger partial charge < -0.3 is 10.6 Å². The van der Waals surface area contributed by atoms with Crippen molar-refractivity contribution in [3.05, 3.63) is 57.6 Å². The SMILES string of the molecule is Cc1nc(F)ccc1NC(=O)NCc1ccc(Cl)cc1Cl. The smallest absolute Gasteiger partial charge is 0.319 e. The lowest BCUT2D eigenvalue weighted by atomic mass is 10.2. The minimum Gasteiger partial charge on any atom is -0.334 e. The second-order valence-corrected chi connectivity index (χ2v) is 5.15. The van der Waals surface area contributed by atoms with Gasteiger partial charge in [0.25, 0.3) is 0 Å². The number of benzene rings is 1. The predicted molar refractivity (Wildman–Crippen MR) is 81.3 cm³/mol. The van der Waals surface area contributed by atoms with Gasteiger partial charge in [0.2, 0.25) is 5.95 Å². The van der Waals surface area contributed by atoms with Gasteiger partial charge in [-0.2, -0.15) is 4.39 Å². The zero-order valence-corrected chi connectivity index (χ0v) is 12.6. The van der Waals surface area contributed by atoms with E-state index in [0.29, 0.717) is 21.4 Å². The van der Waals surface area contributed by atoms with Crippen LogP contribution >= 0.6 is 23.2 Å². The molecule has 0 saturated carbocycles. The Morgan fingerprint density at radius 1 is 1.29 bits per heavy atom. The average Bonchev–Trinajstić information content (AvgIpc) is 2.41. The molecule has 0 aliphatic heterocycles. The molecule has 0 saturated heterocycles. The van der Waals surface area contributed by atoms with Crippen LogP contribution in [0.1, 0.15) is 11.3 Å². The molecule has 2 N–H and O–H groups in total. The fourth-order valence-electron chi connectivity index (χ4n) is 1.67. The lowest BCUT2D eigenvalue weighted by Crippen LogP contribution is -2.28. The number of aromatic nitrogens is 1. The molecule has 110 valence electrons. The molecule has 0 spiro atoms. The van der Waals surface area contributed by atoms with E-state index in [1.165, 1.54) is 12.1 Å². The van der Waals surface area contributed by atoms with Gasteiger partial charge in [-0.05, 0) is 36.8 Å². The van der Waals surface area contributed by atoms with Crippen molar-refractivity contribution >= 4 is 34.9 Å². The number of amides is 2. The number of carbonyl (C=O) groups excluding carboxylic acids is 1. The van der Waals surface area contributed by atoms with Crippen LogP contribution in [0.4, 0.5) is 14.9 Å². The maximum absolute atomic E-state index is 12.9. The number of urea groups is 1. The average molecular weight is 328 g/mol. The summed E-state index contributed by atoms with van der Waals surface area (Å²) in [6, 6.07) is 7.22.